The molecule has 3 aromatic rings. The van der Waals surface area contributed by atoms with Gasteiger partial charge >= 0.3 is 0 Å². The van der Waals surface area contributed by atoms with Crippen LogP contribution in [0.4, 0.5) is 22.9 Å². The van der Waals surface area contributed by atoms with E-state index in [1.165, 1.54) is 6.92 Å². The monoisotopic (exact) mass is 394 g/mol. The number of anilines is 4. The van der Waals surface area contributed by atoms with Crippen molar-refractivity contribution in [2.75, 3.05) is 16.0 Å². The lowest BCUT2D eigenvalue weighted by Gasteiger charge is -2.10. The Bertz CT molecular complexity index is 1020. The number of aryl methyl sites for hydroxylation is 1. The maximum Gasteiger partial charge on any atom is 0.255 e. The molecule has 6 nitrogen and oxygen atoms in total. The van der Waals surface area contributed by atoms with Gasteiger partial charge in [-0.25, -0.2) is 4.98 Å². The second-order valence-corrected chi connectivity index (χ2v) is 6.64. The van der Waals surface area contributed by atoms with Crippen molar-refractivity contribution in [3.63, 3.8) is 0 Å². The van der Waals surface area contributed by atoms with Crippen molar-refractivity contribution in [2.45, 2.75) is 13.8 Å². The van der Waals surface area contributed by atoms with Crippen LogP contribution in [0.1, 0.15) is 22.8 Å². The van der Waals surface area contributed by atoms with Crippen LogP contribution in [-0.2, 0) is 4.79 Å². The molecule has 28 heavy (non-hydrogen) atoms. The summed E-state index contributed by atoms with van der Waals surface area (Å²) in [5, 5.41) is 9.26. The third-order valence-electron chi connectivity index (χ3n) is 3.93. The van der Waals surface area contributed by atoms with Gasteiger partial charge in [-0.3, -0.25) is 9.59 Å². The minimum absolute atomic E-state index is 0.129. The minimum atomic E-state index is -0.258. The lowest BCUT2D eigenvalue weighted by molar-refractivity contribution is -0.114. The molecule has 2 aromatic carbocycles. The maximum atomic E-state index is 12.5. The Morgan fingerprint density at radius 1 is 0.893 bits per heavy atom. The van der Waals surface area contributed by atoms with E-state index in [-0.39, 0.29) is 11.8 Å². The lowest BCUT2D eigenvalue weighted by atomic mass is 10.2. The SMILES string of the molecule is CC(=O)Nc1ccc(Nc2cc(C(=O)Nc3ccc(C)c(Cl)c3)ccn2)cc1. The number of nitrogens with one attached hydrogen (secondary N) is 3. The molecule has 0 atom stereocenters. The summed E-state index contributed by atoms with van der Waals surface area (Å²) in [7, 11) is 0. The van der Waals surface area contributed by atoms with Crippen LogP contribution in [0.2, 0.25) is 5.02 Å². The Balaban J connectivity index is 1.70. The van der Waals surface area contributed by atoms with Crippen molar-refractivity contribution < 1.29 is 9.59 Å². The van der Waals surface area contributed by atoms with Gasteiger partial charge in [0.2, 0.25) is 5.91 Å². The van der Waals surface area contributed by atoms with Crippen molar-refractivity contribution >= 4 is 46.3 Å². The van der Waals surface area contributed by atoms with Gasteiger partial charge < -0.3 is 16.0 Å². The van der Waals surface area contributed by atoms with E-state index in [1.807, 2.05) is 25.1 Å². The van der Waals surface area contributed by atoms with Gasteiger partial charge in [0.15, 0.2) is 0 Å². The third kappa shape index (κ3) is 5.08. The highest BCUT2D eigenvalue weighted by atomic mass is 35.5. The highest BCUT2D eigenvalue weighted by Gasteiger charge is 2.09. The summed E-state index contributed by atoms with van der Waals surface area (Å²) in [6.45, 7) is 3.36. The number of rotatable bonds is 5. The summed E-state index contributed by atoms with van der Waals surface area (Å²) < 4.78 is 0. The number of benzene rings is 2. The average molecular weight is 395 g/mol. The van der Waals surface area contributed by atoms with Crippen LogP contribution in [0.3, 0.4) is 0 Å². The van der Waals surface area contributed by atoms with Crippen molar-refractivity contribution in [1.82, 2.24) is 4.98 Å². The first-order chi connectivity index (χ1) is 13.4. The summed E-state index contributed by atoms with van der Waals surface area (Å²) in [5.74, 6) is 0.143. The Morgan fingerprint density at radius 2 is 1.57 bits per heavy atom. The summed E-state index contributed by atoms with van der Waals surface area (Å²) in [6.07, 6.45) is 1.56. The van der Waals surface area contributed by atoms with E-state index in [4.69, 9.17) is 11.6 Å². The van der Waals surface area contributed by atoms with Crippen LogP contribution in [0.5, 0.6) is 0 Å². The van der Waals surface area contributed by atoms with E-state index >= 15 is 0 Å². The van der Waals surface area contributed by atoms with Gasteiger partial charge in [-0.05, 0) is 61.0 Å². The zero-order chi connectivity index (χ0) is 20.1. The highest BCUT2D eigenvalue weighted by Crippen LogP contribution is 2.22. The first kappa shape index (κ1) is 19.4. The zero-order valence-electron chi connectivity index (χ0n) is 15.4. The third-order valence-corrected chi connectivity index (χ3v) is 4.34. The van der Waals surface area contributed by atoms with Crippen LogP contribution >= 0.6 is 11.6 Å². The molecule has 0 aliphatic heterocycles. The standard InChI is InChI=1S/C21H19ClN4O2/c1-13-3-4-18(12-19(13)22)26-21(28)15-9-10-23-20(11-15)25-17-7-5-16(6-8-17)24-14(2)27/h3-12H,1-2H3,(H,23,25)(H,24,27)(H,26,28). The van der Waals surface area contributed by atoms with E-state index < -0.39 is 0 Å². The quantitative estimate of drug-likeness (QED) is 0.568. The molecule has 0 radical (unpaired) electrons. The molecule has 0 aliphatic carbocycles. The fourth-order valence-corrected chi connectivity index (χ4v) is 2.68. The van der Waals surface area contributed by atoms with Crippen molar-refractivity contribution in [3.05, 3.63) is 76.9 Å². The predicted molar refractivity (Wildman–Crippen MR) is 112 cm³/mol. The largest absolute Gasteiger partial charge is 0.340 e. The number of carbonyl (C=O) groups excluding carboxylic acids is 2. The van der Waals surface area contributed by atoms with Gasteiger partial charge in [-0.1, -0.05) is 17.7 Å². The summed E-state index contributed by atoms with van der Waals surface area (Å²) in [4.78, 5) is 27.8. The van der Waals surface area contributed by atoms with Gasteiger partial charge in [-0.2, -0.15) is 0 Å². The zero-order valence-corrected chi connectivity index (χ0v) is 16.2. The van der Waals surface area contributed by atoms with Crippen LogP contribution < -0.4 is 16.0 Å². The molecule has 3 rings (SSSR count). The van der Waals surface area contributed by atoms with Gasteiger partial charge in [0.05, 0.1) is 0 Å². The summed E-state index contributed by atoms with van der Waals surface area (Å²) in [5.41, 5.74) is 3.52. The first-order valence-corrected chi connectivity index (χ1v) is 8.97. The fraction of sp³-hybridized carbons (Fsp3) is 0.0952. The predicted octanol–water partition coefficient (Wildman–Crippen LogP) is 5.00. The van der Waals surface area contributed by atoms with Crippen LogP contribution in [0.25, 0.3) is 0 Å². The highest BCUT2D eigenvalue weighted by molar-refractivity contribution is 6.31. The number of amides is 2. The topological polar surface area (TPSA) is 83.1 Å². The maximum absolute atomic E-state index is 12.5. The molecule has 0 bridgehead atoms. The van der Waals surface area contributed by atoms with E-state index in [9.17, 15) is 9.59 Å². The Morgan fingerprint density at radius 3 is 2.25 bits per heavy atom. The molecule has 142 valence electrons. The van der Waals surface area contributed by atoms with E-state index in [2.05, 4.69) is 20.9 Å². The number of hydrogen-bond donors (Lipinski definition) is 3. The number of aromatic nitrogens is 1. The first-order valence-electron chi connectivity index (χ1n) is 8.59. The van der Waals surface area contributed by atoms with E-state index in [1.54, 1.807) is 42.6 Å². The molecule has 1 aromatic heterocycles. The molecular formula is C21H19ClN4O2. The molecule has 7 heteroatoms. The molecule has 0 spiro atoms. The van der Waals surface area contributed by atoms with Crippen molar-refractivity contribution in [3.8, 4) is 0 Å². The van der Waals surface area contributed by atoms with E-state index in [0.717, 1.165) is 11.3 Å². The number of hydrogen-bond acceptors (Lipinski definition) is 4. The average Bonchev–Trinajstić information content (AvgIpc) is 2.66. The lowest BCUT2D eigenvalue weighted by Crippen LogP contribution is -2.12. The van der Waals surface area contributed by atoms with Gasteiger partial charge in [-0.15, -0.1) is 0 Å². The smallest absolute Gasteiger partial charge is 0.255 e. The van der Waals surface area contributed by atoms with Crippen LogP contribution in [0, 0.1) is 6.92 Å². The molecule has 0 aliphatic rings. The number of pyridine rings is 1. The van der Waals surface area contributed by atoms with Crippen LogP contribution in [-0.4, -0.2) is 16.8 Å². The Kier molecular flexibility index (Phi) is 5.91. The minimum Gasteiger partial charge on any atom is -0.340 e. The summed E-state index contributed by atoms with van der Waals surface area (Å²) >= 11 is 6.10. The molecule has 0 unspecified atom stereocenters. The molecule has 2 amide bonds. The fourth-order valence-electron chi connectivity index (χ4n) is 2.50. The second kappa shape index (κ2) is 8.54. The van der Waals surface area contributed by atoms with Crippen molar-refractivity contribution in [1.29, 1.82) is 0 Å². The molecular weight excluding hydrogens is 376 g/mol. The molecule has 0 fully saturated rings. The number of nitrogens with zero attached hydrogens (tertiary/aromatic N) is 1. The second-order valence-electron chi connectivity index (χ2n) is 6.23. The molecule has 1 heterocycles. The van der Waals surface area contributed by atoms with Gasteiger partial charge in [0.25, 0.3) is 5.91 Å². The van der Waals surface area contributed by atoms with Gasteiger partial charge in [0.1, 0.15) is 5.82 Å². The molecule has 0 saturated heterocycles. The molecule has 3 N–H and O–H groups in total. The van der Waals surface area contributed by atoms with Crippen molar-refractivity contribution in [2.24, 2.45) is 0 Å². The normalized spacial score (nSPS) is 10.2. The Labute approximate surface area is 168 Å². The van der Waals surface area contributed by atoms with Gasteiger partial charge in [0, 0.05) is 40.8 Å². The summed E-state index contributed by atoms with van der Waals surface area (Å²) in [6, 6.07) is 15.8. The number of halogens is 1. The van der Waals surface area contributed by atoms with Crippen LogP contribution in [0.15, 0.2) is 60.8 Å². The molecule has 0 saturated carbocycles. The Hall–Kier alpha value is -3.38. The number of carbonyl (C=O) groups is 2. The van der Waals surface area contributed by atoms with E-state index in [0.29, 0.717) is 27.8 Å².